The maximum atomic E-state index is 6.68. The van der Waals surface area contributed by atoms with Crippen molar-refractivity contribution in [2.24, 2.45) is 9.98 Å². The molecule has 0 radical (unpaired) electrons. The minimum atomic E-state index is -0.484. The van der Waals surface area contributed by atoms with Gasteiger partial charge in [-0.1, -0.05) is 164 Å². The molecule has 0 saturated heterocycles. The first kappa shape index (κ1) is 29.2. The van der Waals surface area contributed by atoms with E-state index in [-0.39, 0.29) is 0 Å². The van der Waals surface area contributed by atoms with Crippen molar-refractivity contribution in [2.75, 3.05) is 0 Å². The van der Waals surface area contributed by atoms with Crippen molar-refractivity contribution in [3.8, 4) is 22.3 Å². The average molecular weight is 654 g/mol. The quantitative estimate of drug-likeness (QED) is 0.188. The van der Waals surface area contributed by atoms with Crippen molar-refractivity contribution in [1.29, 1.82) is 0 Å². The second-order valence-corrected chi connectivity index (χ2v) is 13.0. The Kier molecular flexibility index (Phi) is 6.85. The third-order valence-electron chi connectivity index (χ3n) is 9.94. The molecule has 0 spiro atoms. The van der Waals surface area contributed by atoms with Crippen molar-refractivity contribution < 1.29 is 4.42 Å². The number of aliphatic imine (C=N–C) groups is 2. The molecule has 0 fully saturated rings. The van der Waals surface area contributed by atoms with E-state index in [1.165, 1.54) is 32.7 Å². The molecule has 1 aliphatic heterocycles. The third kappa shape index (κ3) is 5.08. The first-order chi connectivity index (χ1) is 25.3. The van der Waals surface area contributed by atoms with E-state index < -0.39 is 6.17 Å². The fourth-order valence-corrected chi connectivity index (χ4v) is 7.43. The van der Waals surface area contributed by atoms with Gasteiger partial charge in [0.25, 0.3) is 0 Å². The zero-order valence-electron chi connectivity index (χ0n) is 27.6. The highest BCUT2D eigenvalue weighted by Gasteiger charge is 2.25. The van der Waals surface area contributed by atoms with Crippen molar-refractivity contribution in [2.45, 2.75) is 6.17 Å². The van der Waals surface area contributed by atoms with Gasteiger partial charge in [-0.15, -0.1) is 0 Å². The molecule has 2 heterocycles. The summed E-state index contributed by atoms with van der Waals surface area (Å²) in [5.41, 5.74) is 9.25. The standard InChI is InChI=1S/C47H31N3O/c1-3-11-30(12-4-1)31-21-23-33(24-22-31)39-17-9-18-40-43-41(19-10-20-42(43)51-44(39)40)47-49-45(34-14-5-2-6-15-34)48-46(50-47)36-27-28-38-35(29-36)26-25-32-13-7-8-16-37(32)38/h1-29,47H,(H,48,49,50). The summed E-state index contributed by atoms with van der Waals surface area (Å²) in [5.74, 6) is 1.57. The number of nitrogens with zero attached hydrogens (tertiary/aromatic N) is 2. The molecule has 0 saturated carbocycles. The monoisotopic (exact) mass is 653 g/mol. The van der Waals surface area contributed by atoms with Gasteiger partial charge in [0, 0.05) is 33.0 Å². The summed E-state index contributed by atoms with van der Waals surface area (Å²) in [6, 6.07) is 61.6. The Labute approximate surface area is 295 Å². The Hall–Kier alpha value is -6.78. The summed E-state index contributed by atoms with van der Waals surface area (Å²) in [7, 11) is 0. The molecule has 8 aromatic carbocycles. The topological polar surface area (TPSA) is 49.9 Å². The predicted molar refractivity (Wildman–Crippen MR) is 211 cm³/mol. The Morgan fingerprint density at radius 1 is 0.431 bits per heavy atom. The van der Waals surface area contributed by atoms with Crippen LogP contribution in [-0.2, 0) is 0 Å². The molecule has 1 aromatic heterocycles. The molecule has 4 nitrogen and oxygen atoms in total. The minimum absolute atomic E-state index is 0.484. The molecule has 51 heavy (non-hydrogen) atoms. The first-order valence-electron chi connectivity index (χ1n) is 17.3. The SMILES string of the molecule is c1ccc(C2=NC(c3cccc4oc5c(-c6ccc(-c7ccccc7)cc6)cccc5c34)N=C(c3ccc4c(ccc5ccccc54)c3)N2)cc1. The van der Waals surface area contributed by atoms with Crippen LogP contribution in [0.25, 0.3) is 65.7 Å². The van der Waals surface area contributed by atoms with E-state index in [0.29, 0.717) is 0 Å². The Morgan fingerprint density at radius 3 is 1.86 bits per heavy atom. The molecule has 0 amide bonds. The molecule has 1 unspecified atom stereocenters. The van der Waals surface area contributed by atoms with Crippen LogP contribution in [0, 0.1) is 0 Å². The number of benzene rings is 8. The number of fused-ring (bicyclic) bond motifs is 6. The molecular formula is C47H31N3O. The molecule has 4 heteroatoms. The Balaban J connectivity index is 1.11. The van der Waals surface area contributed by atoms with Gasteiger partial charge in [-0.3, -0.25) is 0 Å². The zero-order chi connectivity index (χ0) is 33.7. The molecule has 1 atom stereocenters. The number of rotatable bonds is 5. The summed E-state index contributed by atoms with van der Waals surface area (Å²) < 4.78 is 6.68. The van der Waals surface area contributed by atoms with Crippen LogP contribution in [0.2, 0.25) is 0 Å². The van der Waals surface area contributed by atoms with Gasteiger partial charge in [0.15, 0.2) is 6.17 Å². The molecular weight excluding hydrogens is 623 g/mol. The predicted octanol–water partition coefficient (Wildman–Crippen LogP) is 11.7. The van der Waals surface area contributed by atoms with Gasteiger partial charge in [0.1, 0.15) is 22.8 Å². The molecule has 0 aliphatic carbocycles. The molecule has 1 N–H and O–H groups in total. The third-order valence-corrected chi connectivity index (χ3v) is 9.94. The molecule has 10 rings (SSSR count). The number of para-hydroxylation sites is 1. The minimum Gasteiger partial charge on any atom is -0.455 e. The normalized spacial score (nSPS) is 14.5. The van der Waals surface area contributed by atoms with Crippen molar-refractivity contribution >= 4 is 55.2 Å². The number of amidine groups is 2. The van der Waals surface area contributed by atoms with Gasteiger partial charge in [-0.05, 0) is 50.4 Å². The Morgan fingerprint density at radius 2 is 1.04 bits per heavy atom. The lowest BCUT2D eigenvalue weighted by Gasteiger charge is -2.23. The molecule has 1 aliphatic rings. The molecule has 9 aromatic rings. The number of nitrogens with one attached hydrogen (secondary N) is 1. The summed E-state index contributed by atoms with van der Waals surface area (Å²) >= 11 is 0. The van der Waals surface area contributed by atoms with Crippen LogP contribution in [0.3, 0.4) is 0 Å². The highest BCUT2D eigenvalue weighted by atomic mass is 16.3. The van der Waals surface area contributed by atoms with Gasteiger partial charge < -0.3 is 9.73 Å². The number of hydrogen-bond donors (Lipinski definition) is 1. The van der Waals surface area contributed by atoms with Gasteiger partial charge in [0.05, 0.1) is 0 Å². The first-order valence-corrected chi connectivity index (χ1v) is 17.3. The fourth-order valence-electron chi connectivity index (χ4n) is 7.43. The van der Waals surface area contributed by atoms with E-state index >= 15 is 0 Å². The lowest BCUT2D eigenvalue weighted by molar-refractivity contribution is 0.668. The van der Waals surface area contributed by atoms with Crippen LogP contribution in [0.4, 0.5) is 0 Å². The molecule has 0 bridgehead atoms. The largest absolute Gasteiger partial charge is 0.455 e. The van der Waals surface area contributed by atoms with E-state index in [1.807, 2.05) is 36.4 Å². The second kappa shape index (κ2) is 12.0. The lowest BCUT2D eigenvalue weighted by Crippen LogP contribution is -2.36. The lowest BCUT2D eigenvalue weighted by atomic mass is 9.97. The van der Waals surface area contributed by atoms with Crippen LogP contribution in [0.15, 0.2) is 190 Å². The van der Waals surface area contributed by atoms with E-state index in [1.54, 1.807) is 0 Å². The highest BCUT2D eigenvalue weighted by molar-refractivity contribution is 6.18. The maximum Gasteiger partial charge on any atom is 0.170 e. The Bertz CT molecular complexity index is 2820. The number of hydrogen-bond acceptors (Lipinski definition) is 4. The van der Waals surface area contributed by atoms with E-state index in [2.05, 4.69) is 145 Å². The van der Waals surface area contributed by atoms with E-state index in [0.717, 1.165) is 61.4 Å². The van der Waals surface area contributed by atoms with Crippen LogP contribution >= 0.6 is 0 Å². The molecule has 240 valence electrons. The van der Waals surface area contributed by atoms with Crippen LogP contribution in [0.5, 0.6) is 0 Å². The summed E-state index contributed by atoms with van der Waals surface area (Å²) in [4.78, 5) is 10.5. The summed E-state index contributed by atoms with van der Waals surface area (Å²) in [5, 5.41) is 10.5. The summed E-state index contributed by atoms with van der Waals surface area (Å²) in [6.07, 6.45) is -0.484. The van der Waals surface area contributed by atoms with Crippen molar-refractivity contribution in [3.05, 3.63) is 193 Å². The highest BCUT2D eigenvalue weighted by Crippen LogP contribution is 2.41. The second-order valence-electron chi connectivity index (χ2n) is 13.0. The summed E-state index contributed by atoms with van der Waals surface area (Å²) in [6.45, 7) is 0. The van der Waals surface area contributed by atoms with Crippen molar-refractivity contribution in [3.63, 3.8) is 0 Å². The van der Waals surface area contributed by atoms with Gasteiger partial charge in [-0.25, -0.2) is 9.98 Å². The number of furan rings is 1. The smallest absolute Gasteiger partial charge is 0.170 e. The fraction of sp³-hybridized carbons (Fsp3) is 0.0213. The van der Waals surface area contributed by atoms with Gasteiger partial charge in [0.2, 0.25) is 0 Å². The van der Waals surface area contributed by atoms with Crippen LogP contribution in [-0.4, -0.2) is 11.7 Å². The van der Waals surface area contributed by atoms with Gasteiger partial charge >= 0.3 is 0 Å². The van der Waals surface area contributed by atoms with Crippen LogP contribution in [0.1, 0.15) is 22.9 Å². The maximum absolute atomic E-state index is 6.68. The average Bonchev–Trinajstić information content (AvgIpc) is 3.60. The van der Waals surface area contributed by atoms with Crippen molar-refractivity contribution in [1.82, 2.24) is 5.32 Å². The van der Waals surface area contributed by atoms with E-state index in [9.17, 15) is 0 Å². The van der Waals surface area contributed by atoms with Gasteiger partial charge in [-0.2, -0.15) is 0 Å². The van der Waals surface area contributed by atoms with Crippen LogP contribution < -0.4 is 5.32 Å². The van der Waals surface area contributed by atoms with E-state index in [4.69, 9.17) is 14.4 Å². The zero-order valence-corrected chi connectivity index (χ0v) is 27.6.